The molecule has 0 heterocycles. The van der Waals surface area contributed by atoms with E-state index in [4.69, 9.17) is 0 Å². The van der Waals surface area contributed by atoms with Crippen molar-refractivity contribution in [1.29, 1.82) is 0 Å². The minimum absolute atomic E-state index is 0.330. The monoisotopic (exact) mass is 324 g/mol. The largest absolute Gasteiger partial charge is 0.0651 e. The first-order valence-electron chi connectivity index (χ1n) is 10.2. The van der Waals surface area contributed by atoms with Crippen LogP contribution in [0.15, 0.2) is 0 Å². The zero-order valence-corrected chi connectivity index (χ0v) is 18.7. The Bertz CT molecular complexity index is 336. The smallest absolute Gasteiger partial charge is 0.0272 e. The van der Waals surface area contributed by atoms with Gasteiger partial charge in [0.2, 0.25) is 0 Å². The van der Waals surface area contributed by atoms with Gasteiger partial charge in [0.25, 0.3) is 0 Å². The topological polar surface area (TPSA) is 0 Å². The molecule has 0 fully saturated rings. The Morgan fingerprint density at radius 2 is 0.913 bits per heavy atom. The van der Waals surface area contributed by atoms with Crippen LogP contribution in [0.4, 0.5) is 0 Å². The van der Waals surface area contributed by atoms with E-state index in [0.717, 1.165) is 41.4 Å². The van der Waals surface area contributed by atoms with Gasteiger partial charge in [0.1, 0.15) is 0 Å². The van der Waals surface area contributed by atoms with Crippen molar-refractivity contribution in [3.05, 3.63) is 0 Å². The summed E-state index contributed by atoms with van der Waals surface area (Å²) in [7, 11) is 0. The van der Waals surface area contributed by atoms with E-state index in [1.165, 1.54) is 6.42 Å². The van der Waals surface area contributed by atoms with Gasteiger partial charge in [-0.05, 0) is 52.3 Å². The third kappa shape index (κ3) is 4.76. The molecule has 0 amide bonds. The second-order valence-electron chi connectivity index (χ2n) is 10.2. The molecule has 0 saturated carbocycles. The summed E-state index contributed by atoms with van der Waals surface area (Å²) >= 11 is 0. The highest BCUT2D eigenvalue weighted by atomic mass is 14.5. The normalized spacial score (nSPS) is 21.7. The molecule has 0 spiro atoms. The molecule has 0 N–H and O–H groups in total. The molecule has 0 nitrogen and oxygen atoms in total. The van der Waals surface area contributed by atoms with Crippen LogP contribution in [0.25, 0.3) is 0 Å². The van der Waals surface area contributed by atoms with Crippen LogP contribution in [0, 0.1) is 52.3 Å². The van der Waals surface area contributed by atoms with Crippen LogP contribution in [0.2, 0.25) is 0 Å². The van der Waals surface area contributed by atoms with Crippen molar-refractivity contribution in [2.75, 3.05) is 0 Å². The molecule has 0 aromatic rings. The second-order valence-corrected chi connectivity index (χ2v) is 10.2. The van der Waals surface area contributed by atoms with Crippen molar-refractivity contribution >= 4 is 0 Å². The standard InChI is InChI=1S/C23H48/c1-14-16(4)18(6)20(8)22(10,11)23(12,13)21(9)19(7)17(5)15(2)3/h15-21H,14H2,1-13H3. The molecule has 0 aromatic carbocycles. The number of rotatable bonds is 9. The fraction of sp³-hybridized carbons (Fsp3) is 1.00. The maximum atomic E-state index is 2.53. The molecular weight excluding hydrogens is 276 g/mol. The van der Waals surface area contributed by atoms with Gasteiger partial charge in [-0.2, -0.15) is 0 Å². The molecule has 6 unspecified atom stereocenters. The second kappa shape index (κ2) is 8.39. The van der Waals surface area contributed by atoms with E-state index in [2.05, 4.69) is 90.0 Å². The zero-order chi connectivity index (χ0) is 18.7. The summed E-state index contributed by atoms with van der Waals surface area (Å²) in [6.45, 7) is 32.0. The van der Waals surface area contributed by atoms with Crippen molar-refractivity contribution < 1.29 is 0 Å². The summed E-state index contributed by atoms with van der Waals surface area (Å²) in [6.07, 6.45) is 1.29. The first kappa shape index (κ1) is 23.0. The van der Waals surface area contributed by atoms with Crippen LogP contribution in [-0.4, -0.2) is 0 Å². The lowest BCUT2D eigenvalue weighted by Crippen LogP contribution is -2.47. The van der Waals surface area contributed by atoms with Crippen molar-refractivity contribution in [2.45, 2.75) is 96.4 Å². The summed E-state index contributed by atoms with van der Waals surface area (Å²) in [4.78, 5) is 0. The Morgan fingerprint density at radius 3 is 1.22 bits per heavy atom. The lowest BCUT2D eigenvalue weighted by atomic mass is 9.51. The molecule has 0 aliphatic heterocycles. The summed E-state index contributed by atoms with van der Waals surface area (Å²) in [6, 6.07) is 0. The lowest BCUT2D eigenvalue weighted by Gasteiger charge is -2.54. The molecule has 6 atom stereocenters. The molecule has 0 saturated heterocycles. The Hall–Kier alpha value is 0. The first-order chi connectivity index (χ1) is 10.2. The Balaban J connectivity index is 5.43. The van der Waals surface area contributed by atoms with Gasteiger partial charge < -0.3 is 0 Å². The average Bonchev–Trinajstić information content (AvgIpc) is 2.49. The van der Waals surface area contributed by atoms with Crippen molar-refractivity contribution in [3.8, 4) is 0 Å². The lowest BCUT2D eigenvalue weighted by molar-refractivity contribution is -0.0544. The van der Waals surface area contributed by atoms with E-state index >= 15 is 0 Å². The van der Waals surface area contributed by atoms with Crippen molar-refractivity contribution in [3.63, 3.8) is 0 Å². The predicted octanol–water partition coefficient (Wildman–Crippen LogP) is 7.92. The van der Waals surface area contributed by atoms with E-state index in [0.29, 0.717) is 10.8 Å². The van der Waals surface area contributed by atoms with Gasteiger partial charge in [-0.1, -0.05) is 96.4 Å². The third-order valence-corrected chi connectivity index (χ3v) is 8.94. The van der Waals surface area contributed by atoms with Crippen LogP contribution >= 0.6 is 0 Å². The Labute approximate surface area is 149 Å². The Kier molecular flexibility index (Phi) is 8.39. The molecule has 0 heteroatoms. The minimum atomic E-state index is 0.330. The number of hydrogen-bond acceptors (Lipinski definition) is 0. The fourth-order valence-electron chi connectivity index (χ4n) is 4.42. The van der Waals surface area contributed by atoms with Gasteiger partial charge >= 0.3 is 0 Å². The van der Waals surface area contributed by atoms with Gasteiger partial charge in [0.15, 0.2) is 0 Å². The average molecular weight is 325 g/mol. The molecule has 0 aliphatic rings. The summed E-state index contributed by atoms with van der Waals surface area (Å²) in [5.41, 5.74) is 0.664. The van der Waals surface area contributed by atoms with E-state index in [-0.39, 0.29) is 0 Å². The maximum Gasteiger partial charge on any atom is -0.0272 e. The first-order valence-corrected chi connectivity index (χ1v) is 10.2. The molecule has 0 rings (SSSR count). The third-order valence-electron chi connectivity index (χ3n) is 8.94. The van der Waals surface area contributed by atoms with Gasteiger partial charge in [-0.25, -0.2) is 0 Å². The van der Waals surface area contributed by atoms with Crippen LogP contribution in [0.3, 0.4) is 0 Å². The quantitative estimate of drug-likeness (QED) is 0.404. The van der Waals surface area contributed by atoms with Crippen LogP contribution in [0.1, 0.15) is 96.4 Å². The van der Waals surface area contributed by atoms with Gasteiger partial charge in [0, 0.05) is 0 Å². The summed E-state index contributed by atoms with van der Waals surface area (Å²) in [5, 5.41) is 0. The minimum Gasteiger partial charge on any atom is -0.0651 e. The van der Waals surface area contributed by atoms with Gasteiger partial charge in [0.05, 0.1) is 0 Å². The molecule has 0 aromatic heterocycles. The van der Waals surface area contributed by atoms with E-state index in [9.17, 15) is 0 Å². The van der Waals surface area contributed by atoms with E-state index in [1.54, 1.807) is 0 Å². The SMILES string of the molecule is CCC(C)C(C)C(C)C(C)(C)C(C)(C)C(C)C(C)C(C)C(C)C. The Morgan fingerprint density at radius 1 is 0.565 bits per heavy atom. The molecular formula is C23H48. The van der Waals surface area contributed by atoms with Gasteiger partial charge in [-0.15, -0.1) is 0 Å². The molecule has 0 radical (unpaired) electrons. The van der Waals surface area contributed by atoms with E-state index in [1.807, 2.05) is 0 Å². The van der Waals surface area contributed by atoms with Crippen LogP contribution in [-0.2, 0) is 0 Å². The zero-order valence-electron chi connectivity index (χ0n) is 18.7. The van der Waals surface area contributed by atoms with Crippen molar-refractivity contribution in [1.82, 2.24) is 0 Å². The molecule has 140 valence electrons. The van der Waals surface area contributed by atoms with Gasteiger partial charge in [-0.3, -0.25) is 0 Å². The summed E-state index contributed by atoms with van der Waals surface area (Å²) < 4.78 is 0. The highest BCUT2D eigenvalue weighted by Gasteiger charge is 2.48. The van der Waals surface area contributed by atoms with E-state index < -0.39 is 0 Å². The van der Waals surface area contributed by atoms with Crippen LogP contribution < -0.4 is 0 Å². The predicted molar refractivity (Wildman–Crippen MR) is 108 cm³/mol. The molecule has 0 aliphatic carbocycles. The molecule has 0 bridgehead atoms. The number of hydrogen-bond donors (Lipinski definition) is 0. The van der Waals surface area contributed by atoms with Crippen LogP contribution in [0.5, 0.6) is 0 Å². The highest BCUT2D eigenvalue weighted by Crippen LogP contribution is 2.54. The summed E-state index contributed by atoms with van der Waals surface area (Å²) in [5.74, 6) is 5.35. The fourth-order valence-corrected chi connectivity index (χ4v) is 4.42. The van der Waals surface area contributed by atoms with Crippen molar-refractivity contribution in [2.24, 2.45) is 52.3 Å². The maximum absolute atomic E-state index is 2.53. The molecule has 23 heavy (non-hydrogen) atoms. The highest BCUT2D eigenvalue weighted by molar-refractivity contribution is 4.96.